The van der Waals surface area contributed by atoms with Crippen molar-refractivity contribution in [2.45, 2.75) is 76.4 Å². The number of halogens is 2. The SMILES string of the molecule is COCOc1cc(Cl)ccc1-c1ccc(O[C@H]2CC3CCCC([C@H]2F)N3CC(=O)OC(C)(C)C)nn1. The monoisotopic (exact) mass is 521 g/mol. The summed E-state index contributed by atoms with van der Waals surface area (Å²) in [6.45, 7) is 5.64. The molecule has 2 aromatic rings. The van der Waals surface area contributed by atoms with Gasteiger partial charge < -0.3 is 18.9 Å². The number of benzene rings is 1. The van der Waals surface area contributed by atoms with E-state index in [-0.39, 0.29) is 31.2 Å². The molecule has 4 rings (SSSR count). The molecule has 3 heterocycles. The summed E-state index contributed by atoms with van der Waals surface area (Å²) < 4.78 is 37.6. The Balaban J connectivity index is 1.43. The average Bonchev–Trinajstić information content (AvgIpc) is 2.81. The molecule has 1 aromatic heterocycles. The van der Waals surface area contributed by atoms with Gasteiger partial charge in [0.15, 0.2) is 13.0 Å². The van der Waals surface area contributed by atoms with Crippen LogP contribution in [0.5, 0.6) is 11.6 Å². The number of piperidine rings is 2. The molecule has 1 aromatic carbocycles. The summed E-state index contributed by atoms with van der Waals surface area (Å²) in [6.07, 6.45) is 1.04. The maximum Gasteiger partial charge on any atom is 0.320 e. The summed E-state index contributed by atoms with van der Waals surface area (Å²) in [5.74, 6) is 0.434. The fraction of sp³-hybridized carbons (Fsp3) is 0.577. The van der Waals surface area contributed by atoms with Crippen LogP contribution in [0.4, 0.5) is 4.39 Å². The van der Waals surface area contributed by atoms with Crippen LogP contribution < -0.4 is 9.47 Å². The van der Waals surface area contributed by atoms with E-state index in [4.69, 9.17) is 30.5 Å². The minimum atomic E-state index is -1.25. The van der Waals surface area contributed by atoms with Crippen molar-refractivity contribution in [3.8, 4) is 22.9 Å². The lowest BCUT2D eigenvalue weighted by molar-refractivity contribution is -0.162. The van der Waals surface area contributed by atoms with Crippen molar-refractivity contribution in [1.29, 1.82) is 0 Å². The minimum Gasteiger partial charge on any atom is -0.470 e. The Kier molecular flexibility index (Phi) is 8.32. The van der Waals surface area contributed by atoms with Crippen molar-refractivity contribution >= 4 is 17.6 Å². The van der Waals surface area contributed by atoms with Gasteiger partial charge in [0.25, 0.3) is 0 Å². The maximum atomic E-state index is 15.6. The molecule has 4 atom stereocenters. The molecule has 8 nitrogen and oxygen atoms in total. The number of aromatic nitrogens is 2. The van der Waals surface area contributed by atoms with E-state index in [2.05, 4.69) is 10.2 Å². The number of methoxy groups -OCH3 is 1. The van der Waals surface area contributed by atoms with Crippen molar-refractivity contribution in [3.05, 3.63) is 35.4 Å². The molecule has 36 heavy (non-hydrogen) atoms. The number of hydrogen-bond acceptors (Lipinski definition) is 8. The van der Waals surface area contributed by atoms with E-state index >= 15 is 4.39 Å². The molecule has 2 saturated heterocycles. The lowest BCUT2D eigenvalue weighted by Gasteiger charge is -2.49. The highest BCUT2D eigenvalue weighted by Crippen LogP contribution is 2.38. The van der Waals surface area contributed by atoms with Crippen LogP contribution in [0, 0.1) is 0 Å². The summed E-state index contributed by atoms with van der Waals surface area (Å²) in [4.78, 5) is 14.4. The Morgan fingerprint density at radius 2 is 2.00 bits per heavy atom. The molecule has 0 amide bonds. The number of rotatable bonds is 8. The highest BCUT2D eigenvalue weighted by molar-refractivity contribution is 6.30. The minimum absolute atomic E-state index is 0.0510. The fourth-order valence-corrected chi connectivity index (χ4v) is 5.08. The second-order valence-corrected chi connectivity index (χ2v) is 10.6. The zero-order valence-corrected chi connectivity index (χ0v) is 21.8. The Morgan fingerprint density at radius 1 is 1.19 bits per heavy atom. The van der Waals surface area contributed by atoms with Gasteiger partial charge in [-0.2, -0.15) is 0 Å². The zero-order valence-electron chi connectivity index (χ0n) is 21.1. The molecule has 10 heteroatoms. The first-order valence-corrected chi connectivity index (χ1v) is 12.6. The van der Waals surface area contributed by atoms with Crippen LogP contribution in [0.1, 0.15) is 46.5 Å². The number of alkyl halides is 1. The van der Waals surface area contributed by atoms with Crippen molar-refractivity contribution in [3.63, 3.8) is 0 Å². The predicted octanol–water partition coefficient (Wildman–Crippen LogP) is 4.83. The van der Waals surface area contributed by atoms with Gasteiger partial charge in [0.1, 0.15) is 17.5 Å². The van der Waals surface area contributed by atoms with Gasteiger partial charge in [-0.05, 0) is 57.9 Å². The Hall–Kier alpha value is -2.49. The van der Waals surface area contributed by atoms with Gasteiger partial charge >= 0.3 is 5.97 Å². The normalized spacial score (nSPS) is 24.3. The molecule has 0 spiro atoms. The molecule has 2 bridgehead atoms. The van der Waals surface area contributed by atoms with E-state index in [0.29, 0.717) is 34.9 Å². The number of nitrogens with zero attached hydrogens (tertiary/aromatic N) is 3. The van der Waals surface area contributed by atoms with Crippen LogP contribution in [0.2, 0.25) is 5.02 Å². The molecule has 0 saturated carbocycles. The van der Waals surface area contributed by atoms with Gasteiger partial charge in [0.2, 0.25) is 5.88 Å². The molecule has 2 aliphatic heterocycles. The predicted molar refractivity (Wildman–Crippen MR) is 133 cm³/mol. The summed E-state index contributed by atoms with van der Waals surface area (Å²) >= 11 is 6.10. The molecule has 2 aliphatic rings. The van der Waals surface area contributed by atoms with Crippen molar-refractivity contribution in [2.75, 3.05) is 20.4 Å². The first kappa shape index (κ1) is 26.6. The van der Waals surface area contributed by atoms with Crippen molar-refractivity contribution in [2.24, 2.45) is 0 Å². The third kappa shape index (κ3) is 6.44. The van der Waals surface area contributed by atoms with Gasteiger partial charge in [-0.15, -0.1) is 10.2 Å². The molecule has 196 valence electrons. The molecule has 0 N–H and O–H groups in total. The molecule has 0 aliphatic carbocycles. The third-order valence-corrected chi connectivity index (χ3v) is 6.59. The number of esters is 1. The zero-order chi connectivity index (χ0) is 25.9. The van der Waals surface area contributed by atoms with Crippen molar-refractivity contribution in [1.82, 2.24) is 15.1 Å². The van der Waals surface area contributed by atoms with Crippen LogP contribution in [-0.4, -0.2) is 71.5 Å². The Labute approximate surface area is 216 Å². The topological polar surface area (TPSA) is 83.0 Å². The second-order valence-electron chi connectivity index (χ2n) is 10.2. The van der Waals surface area contributed by atoms with E-state index in [1.54, 1.807) is 30.3 Å². The van der Waals surface area contributed by atoms with E-state index in [0.717, 1.165) is 12.8 Å². The van der Waals surface area contributed by atoms with Gasteiger partial charge in [-0.3, -0.25) is 9.69 Å². The molecule has 0 radical (unpaired) electrons. The number of ether oxygens (including phenoxy) is 4. The molecular weight excluding hydrogens is 489 g/mol. The van der Waals surface area contributed by atoms with Gasteiger partial charge in [-0.1, -0.05) is 18.0 Å². The van der Waals surface area contributed by atoms with Crippen LogP contribution in [0.15, 0.2) is 30.3 Å². The number of carbonyl (C=O) groups excluding carboxylic acids is 1. The van der Waals surface area contributed by atoms with E-state index < -0.39 is 23.9 Å². The third-order valence-electron chi connectivity index (χ3n) is 6.36. The second kappa shape index (κ2) is 11.3. The van der Waals surface area contributed by atoms with E-state index in [1.807, 2.05) is 25.7 Å². The number of carbonyl (C=O) groups is 1. The fourth-order valence-electron chi connectivity index (χ4n) is 4.92. The van der Waals surface area contributed by atoms with Gasteiger partial charge in [0, 0.05) is 42.3 Å². The van der Waals surface area contributed by atoms with Gasteiger partial charge in [0.05, 0.1) is 12.2 Å². The summed E-state index contributed by atoms with van der Waals surface area (Å²) in [7, 11) is 1.53. The smallest absolute Gasteiger partial charge is 0.320 e. The van der Waals surface area contributed by atoms with Crippen LogP contribution in [-0.2, 0) is 14.3 Å². The summed E-state index contributed by atoms with van der Waals surface area (Å²) in [6, 6.07) is 8.28. The van der Waals surface area contributed by atoms with Crippen LogP contribution in [0.25, 0.3) is 11.3 Å². The highest BCUT2D eigenvalue weighted by atomic mass is 35.5. The van der Waals surface area contributed by atoms with E-state index in [1.165, 1.54) is 7.11 Å². The van der Waals surface area contributed by atoms with Crippen molar-refractivity contribution < 1.29 is 28.1 Å². The lowest BCUT2D eigenvalue weighted by Crippen LogP contribution is -2.62. The number of hydrogen-bond donors (Lipinski definition) is 0. The highest BCUT2D eigenvalue weighted by Gasteiger charge is 2.47. The maximum absolute atomic E-state index is 15.6. The Bertz CT molecular complexity index is 1050. The Morgan fingerprint density at radius 3 is 2.69 bits per heavy atom. The standard InChI is InChI=1S/C26H33ClFN3O5/c1-26(2,3)36-24(32)14-31-17-6-5-7-20(31)25(28)22(13-17)35-23-11-10-19(29-30-23)18-9-8-16(27)12-21(18)34-15-33-4/h8-12,17,20,22,25H,5-7,13-15H2,1-4H3/t17?,20?,22-,25+/m0/s1. The molecule has 2 fully saturated rings. The van der Waals surface area contributed by atoms with Crippen LogP contribution >= 0.6 is 11.6 Å². The first-order valence-electron chi connectivity index (χ1n) is 12.2. The van der Waals surface area contributed by atoms with E-state index in [9.17, 15) is 4.79 Å². The largest absolute Gasteiger partial charge is 0.470 e. The lowest BCUT2D eigenvalue weighted by atomic mass is 9.81. The molecular formula is C26H33ClFN3O5. The quantitative estimate of drug-likeness (QED) is 0.361. The summed E-state index contributed by atoms with van der Waals surface area (Å²) in [5, 5.41) is 8.97. The number of fused-ring (bicyclic) bond motifs is 2. The summed E-state index contributed by atoms with van der Waals surface area (Å²) in [5.41, 5.74) is 0.686. The average molecular weight is 522 g/mol. The van der Waals surface area contributed by atoms with Gasteiger partial charge in [-0.25, -0.2) is 4.39 Å². The first-order chi connectivity index (χ1) is 17.1. The van der Waals surface area contributed by atoms with Crippen LogP contribution in [0.3, 0.4) is 0 Å². The molecule has 2 unspecified atom stereocenters.